The van der Waals surface area contributed by atoms with Gasteiger partial charge in [0.1, 0.15) is 0 Å². The highest BCUT2D eigenvalue weighted by atomic mass is 16.2. The van der Waals surface area contributed by atoms with E-state index in [4.69, 9.17) is 5.73 Å². The van der Waals surface area contributed by atoms with Crippen LogP contribution in [0.15, 0.2) is 54.6 Å². The van der Waals surface area contributed by atoms with Gasteiger partial charge in [-0.3, -0.25) is 9.59 Å². The Balaban J connectivity index is 1.49. The Labute approximate surface area is 160 Å². The molecule has 1 fully saturated rings. The van der Waals surface area contributed by atoms with Crippen LogP contribution in [0, 0.1) is 0 Å². The van der Waals surface area contributed by atoms with Gasteiger partial charge in [-0.05, 0) is 48.9 Å². The molecule has 0 aliphatic heterocycles. The molecule has 0 heterocycles. The van der Waals surface area contributed by atoms with Crippen LogP contribution in [0.4, 0.5) is 0 Å². The zero-order chi connectivity index (χ0) is 19.1. The lowest BCUT2D eigenvalue weighted by atomic mass is 9.91. The minimum atomic E-state index is -0.0368. The first kappa shape index (κ1) is 19.1. The summed E-state index contributed by atoms with van der Waals surface area (Å²) in [6.45, 7) is 0.375. The molecule has 2 amide bonds. The number of amides is 2. The van der Waals surface area contributed by atoms with Crippen molar-refractivity contribution >= 4 is 11.8 Å². The summed E-state index contributed by atoms with van der Waals surface area (Å²) >= 11 is 0. The van der Waals surface area contributed by atoms with E-state index in [1.807, 2.05) is 42.5 Å². The zero-order valence-corrected chi connectivity index (χ0v) is 15.5. The first-order valence-corrected chi connectivity index (χ1v) is 9.61. The van der Waals surface area contributed by atoms with Gasteiger partial charge in [-0.2, -0.15) is 0 Å². The van der Waals surface area contributed by atoms with E-state index in [0.29, 0.717) is 18.5 Å². The predicted octanol–water partition coefficient (Wildman–Crippen LogP) is 2.86. The summed E-state index contributed by atoms with van der Waals surface area (Å²) in [5, 5.41) is 6.14. The second kappa shape index (κ2) is 9.33. The molecule has 1 aliphatic rings. The van der Waals surface area contributed by atoms with E-state index < -0.39 is 0 Å². The maximum atomic E-state index is 12.5. The lowest BCUT2D eigenvalue weighted by Crippen LogP contribution is -2.44. The van der Waals surface area contributed by atoms with E-state index in [9.17, 15) is 9.59 Å². The third kappa shape index (κ3) is 5.41. The summed E-state index contributed by atoms with van der Waals surface area (Å²) in [5.41, 5.74) is 8.31. The smallest absolute Gasteiger partial charge is 0.251 e. The van der Waals surface area contributed by atoms with Crippen LogP contribution >= 0.6 is 0 Å². The third-order valence-electron chi connectivity index (χ3n) is 5.05. The van der Waals surface area contributed by atoms with Crippen LogP contribution in [0.1, 0.15) is 42.5 Å². The number of rotatable bonds is 6. The van der Waals surface area contributed by atoms with Gasteiger partial charge < -0.3 is 16.4 Å². The average molecular weight is 365 g/mol. The molecule has 0 unspecified atom stereocenters. The van der Waals surface area contributed by atoms with Crippen molar-refractivity contribution in [1.82, 2.24) is 10.6 Å². The molecule has 0 spiro atoms. The molecule has 0 bridgehead atoms. The van der Waals surface area contributed by atoms with Crippen LogP contribution in [-0.4, -0.2) is 30.4 Å². The fraction of sp³-hybridized carbons (Fsp3) is 0.364. The van der Waals surface area contributed by atoms with Crippen molar-refractivity contribution in [1.29, 1.82) is 0 Å². The fourth-order valence-corrected chi connectivity index (χ4v) is 3.53. The van der Waals surface area contributed by atoms with Gasteiger partial charge in [0.15, 0.2) is 0 Å². The van der Waals surface area contributed by atoms with Gasteiger partial charge in [0, 0.05) is 30.6 Å². The highest BCUT2D eigenvalue weighted by Gasteiger charge is 2.23. The van der Waals surface area contributed by atoms with Crippen molar-refractivity contribution < 1.29 is 9.59 Å². The molecule has 142 valence electrons. The van der Waals surface area contributed by atoms with E-state index in [1.165, 1.54) is 0 Å². The molecule has 1 aliphatic carbocycles. The predicted molar refractivity (Wildman–Crippen MR) is 107 cm³/mol. The summed E-state index contributed by atoms with van der Waals surface area (Å²) in [5.74, 6) is -0.0197. The van der Waals surface area contributed by atoms with E-state index in [-0.39, 0.29) is 23.9 Å². The lowest BCUT2D eigenvalue weighted by molar-refractivity contribution is -0.121. The highest BCUT2D eigenvalue weighted by Crippen LogP contribution is 2.21. The summed E-state index contributed by atoms with van der Waals surface area (Å²) < 4.78 is 0. The molecule has 2 aromatic rings. The monoisotopic (exact) mass is 365 g/mol. The number of nitrogens with two attached hydrogens (primary N) is 1. The Morgan fingerprint density at radius 2 is 1.37 bits per heavy atom. The Bertz CT molecular complexity index is 751. The van der Waals surface area contributed by atoms with Gasteiger partial charge in [0.05, 0.1) is 0 Å². The zero-order valence-electron chi connectivity index (χ0n) is 15.5. The molecule has 5 heteroatoms. The number of nitrogens with one attached hydrogen (secondary N) is 2. The molecule has 0 saturated heterocycles. The quantitative estimate of drug-likeness (QED) is 0.736. The van der Waals surface area contributed by atoms with Crippen LogP contribution in [0.5, 0.6) is 0 Å². The fourth-order valence-electron chi connectivity index (χ4n) is 3.53. The summed E-state index contributed by atoms with van der Waals surface area (Å²) in [6.07, 6.45) is 3.89. The largest absolute Gasteiger partial charge is 0.353 e. The molecule has 4 N–H and O–H groups in total. The standard InChI is InChI=1S/C22H27N3O2/c23-15-14-21(26)24-19-10-12-20(13-11-19)25-22(27)18-8-6-17(7-9-18)16-4-2-1-3-5-16/h1-9,19-20H,10-15,23H2,(H,24,26)(H,25,27). The normalized spacial score (nSPS) is 19.3. The van der Waals surface area contributed by atoms with Crippen LogP contribution in [0.3, 0.4) is 0 Å². The first-order valence-electron chi connectivity index (χ1n) is 9.61. The Kier molecular flexibility index (Phi) is 6.60. The SMILES string of the molecule is NCCC(=O)NC1CCC(NC(=O)c2ccc(-c3ccccc3)cc2)CC1. The topological polar surface area (TPSA) is 84.2 Å². The van der Waals surface area contributed by atoms with Crippen LogP contribution in [0.25, 0.3) is 11.1 Å². The lowest BCUT2D eigenvalue weighted by Gasteiger charge is -2.29. The summed E-state index contributed by atoms with van der Waals surface area (Å²) in [6, 6.07) is 18.2. The number of benzene rings is 2. The maximum Gasteiger partial charge on any atom is 0.251 e. The van der Waals surface area contributed by atoms with Crippen molar-refractivity contribution in [2.24, 2.45) is 5.73 Å². The minimum absolute atomic E-state index is 0.0171. The molecule has 3 rings (SSSR count). The Hall–Kier alpha value is -2.66. The average Bonchev–Trinajstić information content (AvgIpc) is 2.70. The molecule has 1 saturated carbocycles. The Morgan fingerprint density at radius 1 is 0.815 bits per heavy atom. The molecule has 0 aromatic heterocycles. The van der Waals surface area contributed by atoms with E-state index in [2.05, 4.69) is 22.8 Å². The second-order valence-electron chi connectivity index (χ2n) is 7.07. The Morgan fingerprint density at radius 3 is 1.96 bits per heavy atom. The van der Waals surface area contributed by atoms with Crippen molar-refractivity contribution in [2.75, 3.05) is 6.54 Å². The van der Waals surface area contributed by atoms with Gasteiger partial charge >= 0.3 is 0 Å². The van der Waals surface area contributed by atoms with Gasteiger partial charge in [-0.25, -0.2) is 0 Å². The van der Waals surface area contributed by atoms with Crippen molar-refractivity contribution in [3.05, 3.63) is 60.2 Å². The molecule has 5 nitrogen and oxygen atoms in total. The number of carbonyl (C=O) groups is 2. The van der Waals surface area contributed by atoms with Gasteiger partial charge in [0.2, 0.25) is 5.91 Å². The van der Waals surface area contributed by atoms with E-state index in [1.54, 1.807) is 0 Å². The van der Waals surface area contributed by atoms with Gasteiger partial charge in [-0.1, -0.05) is 42.5 Å². The molecule has 0 atom stereocenters. The van der Waals surface area contributed by atoms with Crippen molar-refractivity contribution in [3.63, 3.8) is 0 Å². The van der Waals surface area contributed by atoms with Gasteiger partial charge in [-0.15, -0.1) is 0 Å². The van der Waals surface area contributed by atoms with Crippen molar-refractivity contribution in [2.45, 2.75) is 44.2 Å². The second-order valence-corrected chi connectivity index (χ2v) is 7.07. The van der Waals surface area contributed by atoms with E-state index in [0.717, 1.165) is 36.8 Å². The van der Waals surface area contributed by atoms with Crippen LogP contribution < -0.4 is 16.4 Å². The number of hydrogen-bond donors (Lipinski definition) is 3. The number of carbonyl (C=O) groups excluding carboxylic acids is 2. The first-order chi connectivity index (χ1) is 13.2. The highest BCUT2D eigenvalue weighted by molar-refractivity contribution is 5.94. The van der Waals surface area contributed by atoms with Gasteiger partial charge in [0.25, 0.3) is 5.91 Å². The third-order valence-corrected chi connectivity index (χ3v) is 5.05. The number of hydrogen-bond acceptors (Lipinski definition) is 3. The van der Waals surface area contributed by atoms with E-state index >= 15 is 0 Å². The molecule has 2 aromatic carbocycles. The minimum Gasteiger partial charge on any atom is -0.353 e. The molecule has 27 heavy (non-hydrogen) atoms. The van der Waals surface area contributed by atoms with Crippen molar-refractivity contribution in [3.8, 4) is 11.1 Å². The summed E-state index contributed by atoms with van der Waals surface area (Å²) in [7, 11) is 0. The molecular weight excluding hydrogens is 338 g/mol. The van der Waals surface area contributed by atoms with Crippen LogP contribution in [0.2, 0.25) is 0 Å². The van der Waals surface area contributed by atoms with Crippen LogP contribution in [-0.2, 0) is 4.79 Å². The maximum absolute atomic E-state index is 12.5. The molecular formula is C22H27N3O2. The molecule has 0 radical (unpaired) electrons. The summed E-state index contributed by atoms with van der Waals surface area (Å²) in [4.78, 5) is 24.1.